The number of benzene rings is 1. The molecule has 154 valence electrons. The summed E-state index contributed by atoms with van der Waals surface area (Å²) in [6, 6.07) is 11.0. The van der Waals surface area contributed by atoms with Crippen LogP contribution in [0.1, 0.15) is 69.6 Å². The number of furan rings is 1. The van der Waals surface area contributed by atoms with Gasteiger partial charge in [-0.2, -0.15) is 0 Å². The van der Waals surface area contributed by atoms with Crippen molar-refractivity contribution in [1.82, 2.24) is 0 Å². The number of hydrogen-bond donors (Lipinski definition) is 0. The van der Waals surface area contributed by atoms with Crippen molar-refractivity contribution in [2.24, 2.45) is 4.99 Å². The van der Waals surface area contributed by atoms with E-state index in [1.165, 1.54) is 44.9 Å². The Balaban J connectivity index is 1.42. The lowest BCUT2D eigenvalue weighted by Crippen LogP contribution is -2.05. The number of esters is 1. The zero-order valence-electron chi connectivity index (χ0n) is 17.1. The molecule has 1 aromatic heterocycles. The molecule has 1 aliphatic rings. The van der Waals surface area contributed by atoms with E-state index in [4.69, 9.17) is 13.9 Å². The topological polar surface area (TPSA) is 61.0 Å². The molecule has 0 aliphatic carbocycles. The van der Waals surface area contributed by atoms with Crippen molar-refractivity contribution in [3.05, 3.63) is 59.7 Å². The second-order valence-corrected chi connectivity index (χ2v) is 7.20. The third kappa shape index (κ3) is 6.63. The number of hydrogen-bond acceptors (Lipinski definition) is 5. The first-order valence-electron chi connectivity index (χ1n) is 10.6. The van der Waals surface area contributed by atoms with Gasteiger partial charge in [-0.25, -0.2) is 9.79 Å². The van der Waals surface area contributed by atoms with Crippen LogP contribution in [-0.4, -0.2) is 18.5 Å². The number of cyclic esters (lactones) is 1. The highest BCUT2D eigenvalue weighted by atomic mass is 16.6. The summed E-state index contributed by atoms with van der Waals surface area (Å²) in [5.41, 5.74) is 0.964. The van der Waals surface area contributed by atoms with Crippen molar-refractivity contribution >= 4 is 17.9 Å². The van der Waals surface area contributed by atoms with E-state index >= 15 is 0 Å². The van der Waals surface area contributed by atoms with Gasteiger partial charge in [-0.15, -0.1) is 0 Å². The van der Waals surface area contributed by atoms with Gasteiger partial charge in [0.05, 0.1) is 12.9 Å². The molecular weight excluding hydrogens is 366 g/mol. The zero-order valence-corrected chi connectivity index (χ0v) is 17.1. The SMILES string of the molecule is CCCCCCCCCCOc1ccc(C2=N/C(=C\c3ccco3)C(=O)O2)cc1. The standard InChI is InChI=1S/C24H29NO4/c1-2-3-4-5-6-7-8-9-16-27-20-14-12-19(13-15-20)23-25-22(24(26)29-23)18-21-11-10-17-28-21/h10-15,17-18H,2-9,16H2,1H3/b22-18-. The average molecular weight is 395 g/mol. The van der Waals surface area contributed by atoms with Crippen LogP contribution in [-0.2, 0) is 9.53 Å². The summed E-state index contributed by atoms with van der Waals surface area (Å²) >= 11 is 0. The summed E-state index contributed by atoms with van der Waals surface area (Å²) in [5, 5.41) is 0. The molecule has 0 amide bonds. The van der Waals surface area contributed by atoms with Gasteiger partial charge in [0.1, 0.15) is 11.5 Å². The molecule has 1 aliphatic heterocycles. The first-order valence-corrected chi connectivity index (χ1v) is 10.6. The Morgan fingerprint density at radius 3 is 2.38 bits per heavy atom. The lowest BCUT2D eigenvalue weighted by atomic mass is 10.1. The van der Waals surface area contributed by atoms with Crippen LogP contribution < -0.4 is 4.74 Å². The first kappa shape index (κ1) is 20.9. The number of carbonyl (C=O) groups excluding carboxylic acids is 1. The molecule has 0 radical (unpaired) electrons. The predicted octanol–water partition coefficient (Wildman–Crippen LogP) is 6.14. The quantitative estimate of drug-likeness (QED) is 0.246. The van der Waals surface area contributed by atoms with Gasteiger partial charge < -0.3 is 13.9 Å². The third-order valence-corrected chi connectivity index (χ3v) is 4.81. The summed E-state index contributed by atoms with van der Waals surface area (Å²) in [7, 11) is 0. The monoisotopic (exact) mass is 395 g/mol. The molecule has 0 unspecified atom stereocenters. The molecule has 0 atom stereocenters. The summed E-state index contributed by atoms with van der Waals surface area (Å²) in [5.74, 6) is 1.19. The van der Waals surface area contributed by atoms with Crippen LogP contribution in [0.25, 0.3) is 6.08 Å². The van der Waals surface area contributed by atoms with Crippen LogP contribution >= 0.6 is 0 Å². The Morgan fingerprint density at radius 1 is 0.966 bits per heavy atom. The van der Waals surface area contributed by atoms with Crippen LogP contribution in [0.4, 0.5) is 0 Å². The minimum atomic E-state index is -0.480. The Labute approximate surface area is 172 Å². The predicted molar refractivity (Wildman–Crippen MR) is 114 cm³/mol. The van der Waals surface area contributed by atoms with E-state index in [1.807, 2.05) is 24.3 Å². The normalized spacial score (nSPS) is 14.9. The van der Waals surface area contributed by atoms with Gasteiger partial charge in [0, 0.05) is 11.6 Å². The van der Waals surface area contributed by atoms with E-state index < -0.39 is 5.97 Å². The van der Waals surface area contributed by atoms with Gasteiger partial charge in [0.2, 0.25) is 5.90 Å². The summed E-state index contributed by atoms with van der Waals surface area (Å²) in [6.45, 7) is 2.97. The summed E-state index contributed by atoms with van der Waals surface area (Å²) < 4.78 is 16.3. The largest absolute Gasteiger partial charge is 0.494 e. The van der Waals surface area contributed by atoms with E-state index in [1.54, 1.807) is 24.5 Å². The van der Waals surface area contributed by atoms with Crippen molar-refractivity contribution in [3.63, 3.8) is 0 Å². The van der Waals surface area contributed by atoms with E-state index in [0.717, 1.165) is 24.3 Å². The van der Waals surface area contributed by atoms with Gasteiger partial charge >= 0.3 is 5.97 Å². The van der Waals surface area contributed by atoms with E-state index in [0.29, 0.717) is 11.7 Å². The maximum Gasteiger partial charge on any atom is 0.363 e. The molecule has 2 aromatic rings. The molecular formula is C24H29NO4. The smallest absolute Gasteiger partial charge is 0.363 e. The Kier molecular flexibility index (Phi) is 8.11. The van der Waals surface area contributed by atoms with Crippen LogP contribution in [0.3, 0.4) is 0 Å². The van der Waals surface area contributed by atoms with Gasteiger partial charge in [-0.1, -0.05) is 51.9 Å². The van der Waals surface area contributed by atoms with Crippen LogP contribution in [0.15, 0.2) is 57.8 Å². The van der Waals surface area contributed by atoms with E-state index in [2.05, 4.69) is 11.9 Å². The maximum atomic E-state index is 12.0. The minimum Gasteiger partial charge on any atom is -0.494 e. The number of nitrogens with zero attached hydrogens (tertiary/aromatic N) is 1. The van der Waals surface area contributed by atoms with Crippen molar-refractivity contribution in [1.29, 1.82) is 0 Å². The van der Waals surface area contributed by atoms with Crippen molar-refractivity contribution in [2.75, 3.05) is 6.61 Å². The Hall–Kier alpha value is -2.82. The van der Waals surface area contributed by atoms with Gasteiger partial charge in [0.25, 0.3) is 0 Å². The van der Waals surface area contributed by atoms with Crippen LogP contribution in [0.2, 0.25) is 0 Å². The summed E-state index contributed by atoms with van der Waals surface area (Å²) in [4.78, 5) is 16.3. The van der Waals surface area contributed by atoms with Gasteiger partial charge in [-0.05, 0) is 42.8 Å². The van der Waals surface area contributed by atoms with Crippen molar-refractivity contribution in [2.45, 2.75) is 58.3 Å². The summed E-state index contributed by atoms with van der Waals surface area (Å²) in [6.07, 6.45) is 13.4. The third-order valence-electron chi connectivity index (χ3n) is 4.81. The highest BCUT2D eigenvalue weighted by Gasteiger charge is 2.24. The molecule has 0 N–H and O–H groups in total. The lowest BCUT2D eigenvalue weighted by Gasteiger charge is -2.07. The van der Waals surface area contributed by atoms with Gasteiger partial charge in [0.15, 0.2) is 5.70 Å². The molecule has 2 heterocycles. The Bertz CT molecular complexity index is 819. The fraction of sp³-hybridized carbons (Fsp3) is 0.417. The molecule has 0 spiro atoms. The fourth-order valence-corrected chi connectivity index (χ4v) is 3.16. The Morgan fingerprint density at radius 2 is 1.69 bits per heavy atom. The molecule has 3 rings (SSSR count). The fourth-order valence-electron chi connectivity index (χ4n) is 3.16. The highest BCUT2D eigenvalue weighted by molar-refractivity contribution is 6.12. The number of rotatable bonds is 12. The maximum absolute atomic E-state index is 12.0. The van der Waals surface area contributed by atoms with E-state index in [-0.39, 0.29) is 5.70 Å². The molecule has 0 saturated carbocycles. The molecule has 0 fully saturated rings. The minimum absolute atomic E-state index is 0.227. The highest BCUT2D eigenvalue weighted by Crippen LogP contribution is 2.21. The van der Waals surface area contributed by atoms with Crippen molar-refractivity contribution < 1.29 is 18.7 Å². The number of carbonyl (C=O) groups is 1. The van der Waals surface area contributed by atoms with Crippen LogP contribution in [0.5, 0.6) is 5.75 Å². The van der Waals surface area contributed by atoms with E-state index in [9.17, 15) is 4.79 Å². The zero-order chi connectivity index (χ0) is 20.3. The number of ether oxygens (including phenoxy) is 2. The molecule has 1 aromatic carbocycles. The van der Waals surface area contributed by atoms with Gasteiger partial charge in [-0.3, -0.25) is 0 Å². The lowest BCUT2D eigenvalue weighted by molar-refractivity contribution is -0.129. The molecule has 0 bridgehead atoms. The molecule has 5 heteroatoms. The number of unbranched alkanes of at least 4 members (excludes halogenated alkanes) is 7. The molecule has 5 nitrogen and oxygen atoms in total. The average Bonchev–Trinajstić information content (AvgIpc) is 3.38. The number of aliphatic imine (C=N–C) groups is 1. The first-order chi connectivity index (χ1) is 14.3. The van der Waals surface area contributed by atoms with Crippen LogP contribution in [0, 0.1) is 0 Å². The molecule has 29 heavy (non-hydrogen) atoms. The van der Waals surface area contributed by atoms with Crippen molar-refractivity contribution in [3.8, 4) is 5.75 Å². The second kappa shape index (κ2) is 11.2. The second-order valence-electron chi connectivity index (χ2n) is 7.20. The molecule has 0 saturated heterocycles.